The number of carbonyl (C=O) groups is 1. The molecule has 1 heterocycles. The third-order valence-electron chi connectivity index (χ3n) is 4.60. The van der Waals surface area contributed by atoms with E-state index in [-0.39, 0.29) is 23.4 Å². The summed E-state index contributed by atoms with van der Waals surface area (Å²) in [6.07, 6.45) is 7.64. The van der Waals surface area contributed by atoms with Gasteiger partial charge >= 0.3 is 0 Å². The highest BCUT2D eigenvalue weighted by atomic mass is 16.5. The summed E-state index contributed by atoms with van der Waals surface area (Å²) in [5.74, 6) is 0.100. The largest absolute Gasteiger partial charge is 0.378 e. The molecule has 4 nitrogen and oxygen atoms in total. The Kier molecular flexibility index (Phi) is 4.85. The van der Waals surface area contributed by atoms with Crippen LogP contribution in [0.3, 0.4) is 0 Å². The molecule has 2 fully saturated rings. The molecular formula is C15H28N2O2. The zero-order valence-electron chi connectivity index (χ0n) is 12.3. The van der Waals surface area contributed by atoms with E-state index in [1.807, 2.05) is 6.92 Å². The summed E-state index contributed by atoms with van der Waals surface area (Å²) in [6.45, 7) is 4.95. The maximum atomic E-state index is 12.4. The maximum Gasteiger partial charge on any atom is 0.225 e. The van der Waals surface area contributed by atoms with Crippen LogP contribution in [0.15, 0.2) is 0 Å². The lowest BCUT2D eigenvalue weighted by molar-refractivity contribution is -0.128. The first-order valence-corrected chi connectivity index (χ1v) is 7.70. The van der Waals surface area contributed by atoms with Gasteiger partial charge in [-0.3, -0.25) is 4.79 Å². The van der Waals surface area contributed by atoms with Crippen LogP contribution in [0.4, 0.5) is 0 Å². The molecule has 4 heteroatoms. The summed E-state index contributed by atoms with van der Waals surface area (Å²) in [6, 6.07) is 0.174. The molecule has 4 atom stereocenters. The van der Waals surface area contributed by atoms with Crippen LogP contribution in [0.5, 0.6) is 0 Å². The van der Waals surface area contributed by atoms with E-state index in [1.54, 1.807) is 0 Å². The number of hydrogen-bond donors (Lipinski definition) is 2. The lowest BCUT2D eigenvalue weighted by Gasteiger charge is -2.37. The predicted octanol–water partition coefficient (Wildman–Crippen LogP) is 1.97. The van der Waals surface area contributed by atoms with Crippen molar-refractivity contribution in [2.75, 3.05) is 6.61 Å². The van der Waals surface area contributed by atoms with E-state index in [1.165, 1.54) is 0 Å². The summed E-state index contributed by atoms with van der Waals surface area (Å²) >= 11 is 0. The van der Waals surface area contributed by atoms with Gasteiger partial charge in [0.05, 0.1) is 12.0 Å². The Labute approximate surface area is 116 Å². The molecule has 1 aliphatic heterocycles. The average Bonchev–Trinajstić information content (AvgIpc) is 2.80. The average molecular weight is 268 g/mol. The van der Waals surface area contributed by atoms with Gasteiger partial charge in [-0.05, 0) is 46.0 Å². The highest BCUT2D eigenvalue weighted by Crippen LogP contribution is 2.31. The van der Waals surface area contributed by atoms with Crippen molar-refractivity contribution in [3.05, 3.63) is 0 Å². The van der Waals surface area contributed by atoms with Crippen molar-refractivity contribution in [1.82, 2.24) is 5.32 Å². The van der Waals surface area contributed by atoms with Crippen molar-refractivity contribution >= 4 is 5.91 Å². The molecule has 0 aromatic carbocycles. The van der Waals surface area contributed by atoms with Crippen molar-refractivity contribution in [3.63, 3.8) is 0 Å². The van der Waals surface area contributed by atoms with Gasteiger partial charge in [0.2, 0.25) is 5.91 Å². The molecule has 2 rings (SSSR count). The third-order valence-corrected chi connectivity index (χ3v) is 4.60. The molecule has 110 valence electrons. The van der Waals surface area contributed by atoms with E-state index in [0.29, 0.717) is 6.10 Å². The number of nitrogens with one attached hydrogen (secondary N) is 1. The van der Waals surface area contributed by atoms with E-state index in [9.17, 15) is 4.79 Å². The van der Waals surface area contributed by atoms with Gasteiger partial charge in [0, 0.05) is 18.2 Å². The zero-order valence-corrected chi connectivity index (χ0v) is 12.3. The lowest BCUT2D eigenvalue weighted by Crippen LogP contribution is -2.54. The second kappa shape index (κ2) is 6.23. The maximum absolute atomic E-state index is 12.4. The van der Waals surface area contributed by atoms with Gasteiger partial charge in [-0.15, -0.1) is 0 Å². The number of rotatable bonds is 4. The summed E-state index contributed by atoms with van der Waals surface area (Å²) < 4.78 is 5.62. The predicted molar refractivity (Wildman–Crippen MR) is 75.7 cm³/mol. The molecular weight excluding hydrogens is 240 g/mol. The SMILES string of the molecule is CC(CC1CCCO1)NC(=O)C1CCCCC1(C)N. The van der Waals surface area contributed by atoms with Crippen LogP contribution in [0.25, 0.3) is 0 Å². The third kappa shape index (κ3) is 3.93. The summed E-state index contributed by atoms with van der Waals surface area (Å²) in [4.78, 5) is 12.4. The van der Waals surface area contributed by atoms with Crippen LogP contribution in [-0.4, -0.2) is 30.2 Å². The first kappa shape index (κ1) is 14.8. The van der Waals surface area contributed by atoms with Gasteiger partial charge in [-0.2, -0.15) is 0 Å². The van der Waals surface area contributed by atoms with Crippen LogP contribution in [0, 0.1) is 5.92 Å². The molecule has 0 spiro atoms. The first-order chi connectivity index (χ1) is 8.99. The zero-order chi connectivity index (χ0) is 13.9. The van der Waals surface area contributed by atoms with Crippen molar-refractivity contribution in [1.29, 1.82) is 0 Å². The Bertz CT molecular complexity index is 311. The molecule has 0 aromatic rings. The fourth-order valence-electron chi connectivity index (χ4n) is 3.42. The van der Waals surface area contributed by atoms with Crippen LogP contribution >= 0.6 is 0 Å². The van der Waals surface area contributed by atoms with Gasteiger partial charge in [0.25, 0.3) is 0 Å². The number of carbonyl (C=O) groups excluding carboxylic acids is 1. The molecule has 0 aromatic heterocycles. The smallest absolute Gasteiger partial charge is 0.225 e. The number of hydrogen-bond acceptors (Lipinski definition) is 3. The summed E-state index contributed by atoms with van der Waals surface area (Å²) in [5.41, 5.74) is 5.94. The van der Waals surface area contributed by atoms with E-state index >= 15 is 0 Å². The second-order valence-corrected chi connectivity index (χ2v) is 6.58. The van der Waals surface area contributed by atoms with Crippen LogP contribution in [0.1, 0.15) is 58.8 Å². The normalized spacial score (nSPS) is 37.0. The molecule has 1 saturated heterocycles. The minimum atomic E-state index is -0.341. The molecule has 2 aliphatic rings. The molecule has 1 saturated carbocycles. The summed E-state index contributed by atoms with van der Waals surface area (Å²) in [7, 11) is 0. The van der Waals surface area contributed by atoms with E-state index in [2.05, 4.69) is 12.2 Å². The van der Waals surface area contributed by atoms with Gasteiger partial charge in [0.1, 0.15) is 0 Å². The molecule has 0 bridgehead atoms. The minimum absolute atomic E-state index is 0.0341. The Morgan fingerprint density at radius 1 is 1.42 bits per heavy atom. The molecule has 0 radical (unpaired) electrons. The highest BCUT2D eigenvalue weighted by molar-refractivity contribution is 5.80. The Hall–Kier alpha value is -0.610. The van der Waals surface area contributed by atoms with Crippen molar-refractivity contribution in [2.24, 2.45) is 11.7 Å². The number of nitrogens with two attached hydrogens (primary N) is 1. The van der Waals surface area contributed by atoms with Crippen LogP contribution in [0.2, 0.25) is 0 Å². The molecule has 4 unspecified atom stereocenters. The van der Waals surface area contributed by atoms with Crippen LogP contribution < -0.4 is 11.1 Å². The Morgan fingerprint density at radius 2 is 2.21 bits per heavy atom. The van der Waals surface area contributed by atoms with E-state index < -0.39 is 0 Å². The fraction of sp³-hybridized carbons (Fsp3) is 0.933. The van der Waals surface area contributed by atoms with Crippen LogP contribution in [-0.2, 0) is 9.53 Å². The Balaban J connectivity index is 1.81. The van der Waals surface area contributed by atoms with Crippen molar-refractivity contribution in [2.45, 2.75) is 76.5 Å². The second-order valence-electron chi connectivity index (χ2n) is 6.58. The summed E-state index contributed by atoms with van der Waals surface area (Å²) in [5, 5.41) is 3.13. The van der Waals surface area contributed by atoms with E-state index in [4.69, 9.17) is 10.5 Å². The monoisotopic (exact) mass is 268 g/mol. The van der Waals surface area contributed by atoms with E-state index in [0.717, 1.165) is 51.6 Å². The number of amides is 1. The topological polar surface area (TPSA) is 64.3 Å². The van der Waals surface area contributed by atoms with Crippen molar-refractivity contribution < 1.29 is 9.53 Å². The van der Waals surface area contributed by atoms with Gasteiger partial charge in [-0.1, -0.05) is 12.8 Å². The van der Waals surface area contributed by atoms with Gasteiger partial charge < -0.3 is 15.8 Å². The molecule has 19 heavy (non-hydrogen) atoms. The van der Waals surface area contributed by atoms with Crippen molar-refractivity contribution in [3.8, 4) is 0 Å². The quantitative estimate of drug-likeness (QED) is 0.819. The first-order valence-electron chi connectivity index (χ1n) is 7.70. The van der Waals surface area contributed by atoms with Gasteiger partial charge in [0.15, 0.2) is 0 Å². The molecule has 3 N–H and O–H groups in total. The lowest BCUT2D eigenvalue weighted by atomic mass is 9.74. The highest BCUT2D eigenvalue weighted by Gasteiger charge is 2.38. The van der Waals surface area contributed by atoms with Gasteiger partial charge in [-0.25, -0.2) is 0 Å². The minimum Gasteiger partial charge on any atom is -0.378 e. The fourth-order valence-corrected chi connectivity index (χ4v) is 3.42. The Morgan fingerprint density at radius 3 is 2.84 bits per heavy atom. The number of ether oxygens (including phenoxy) is 1. The molecule has 1 aliphatic carbocycles. The molecule has 1 amide bonds. The standard InChI is InChI=1S/C15H28N2O2/c1-11(10-12-6-5-9-19-12)17-14(18)13-7-3-4-8-15(13,2)16/h11-13H,3-10,16H2,1-2H3,(H,17,18).